The van der Waals surface area contributed by atoms with Crippen molar-refractivity contribution in [3.8, 4) is 0 Å². The second-order valence-corrected chi connectivity index (χ2v) is 9.54. The first-order chi connectivity index (χ1) is 14.1. The SMILES string of the molecule is C[C@H](O)[C@H]1O[C@@H]2SC(N(C)C(=O)OC(C)(C)C)=N[C@@H]2[C@@H](F)[C@H]1OCc1ccccc1. The maximum Gasteiger partial charge on any atom is 0.416 e. The average molecular weight is 441 g/mol. The lowest BCUT2D eigenvalue weighted by Crippen LogP contribution is -2.57. The molecule has 1 N–H and O–H groups in total. The van der Waals surface area contributed by atoms with Gasteiger partial charge in [0, 0.05) is 7.05 Å². The van der Waals surface area contributed by atoms with Gasteiger partial charge in [-0.05, 0) is 33.3 Å². The first-order valence-electron chi connectivity index (χ1n) is 9.91. The van der Waals surface area contributed by atoms with E-state index >= 15 is 4.39 Å². The summed E-state index contributed by atoms with van der Waals surface area (Å²) in [5.74, 6) is 0. The first-order valence-corrected chi connectivity index (χ1v) is 10.8. The maximum absolute atomic E-state index is 15.5. The number of hydrogen-bond donors (Lipinski definition) is 1. The van der Waals surface area contributed by atoms with E-state index in [-0.39, 0.29) is 6.61 Å². The Labute approximate surface area is 180 Å². The summed E-state index contributed by atoms with van der Waals surface area (Å²) < 4.78 is 32.6. The highest BCUT2D eigenvalue weighted by Crippen LogP contribution is 2.40. The van der Waals surface area contributed by atoms with Gasteiger partial charge in [0.2, 0.25) is 0 Å². The number of nitrogens with zero attached hydrogens (tertiary/aromatic N) is 2. The van der Waals surface area contributed by atoms with Crippen LogP contribution < -0.4 is 0 Å². The normalized spacial score (nSPS) is 29.7. The Morgan fingerprint density at radius 2 is 2.03 bits per heavy atom. The molecule has 0 aliphatic carbocycles. The molecule has 2 heterocycles. The summed E-state index contributed by atoms with van der Waals surface area (Å²) in [6.45, 7) is 7.04. The van der Waals surface area contributed by atoms with Crippen LogP contribution in [-0.4, -0.2) is 69.9 Å². The number of amides is 1. The van der Waals surface area contributed by atoms with Gasteiger partial charge in [-0.15, -0.1) is 0 Å². The highest BCUT2D eigenvalue weighted by atomic mass is 32.2. The molecule has 9 heteroatoms. The fourth-order valence-corrected chi connectivity index (χ4v) is 4.40. The molecule has 0 aromatic heterocycles. The fourth-order valence-electron chi connectivity index (χ4n) is 3.25. The molecule has 2 aliphatic rings. The lowest BCUT2D eigenvalue weighted by molar-refractivity contribution is -0.188. The Morgan fingerprint density at radius 1 is 1.37 bits per heavy atom. The minimum atomic E-state index is -1.50. The Hall–Kier alpha value is -1.68. The van der Waals surface area contributed by atoms with Crippen molar-refractivity contribution in [2.24, 2.45) is 4.99 Å². The van der Waals surface area contributed by atoms with E-state index in [2.05, 4.69) is 4.99 Å². The first kappa shape index (κ1) is 23.0. The van der Waals surface area contributed by atoms with Crippen LogP contribution in [0, 0.1) is 0 Å². The highest BCUT2D eigenvalue weighted by molar-refractivity contribution is 8.14. The molecule has 3 rings (SSSR count). The van der Waals surface area contributed by atoms with Crippen molar-refractivity contribution in [2.75, 3.05) is 7.05 Å². The summed E-state index contributed by atoms with van der Waals surface area (Å²) in [6, 6.07) is 8.57. The predicted octanol–water partition coefficient (Wildman–Crippen LogP) is 3.35. The Bertz CT molecular complexity index is 770. The van der Waals surface area contributed by atoms with Crippen LogP contribution in [0.4, 0.5) is 9.18 Å². The summed E-state index contributed by atoms with van der Waals surface area (Å²) >= 11 is 1.14. The molecule has 1 saturated heterocycles. The summed E-state index contributed by atoms with van der Waals surface area (Å²) in [4.78, 5) is 18.0. The molecule has 1 fully saturated rings. The minimum Gasteiger partial charge on any atom is -0.443 e. The summed E-state index contributed by atoms with van der Waals surface area (Å²) in [7, 11) is 1.53. The molecule has 30 heavy (non-hydrogen) atoms. The molecule has 0 spiro atoms. The molecule has 0 bridgehead atoms. The number of hydrogen-bond acceptors (Lipinski definition) is 7. The van der Waals surface area contributed by atoms with Gasteiger partial charge < -0.3 is 19.3 Å². The molecule has 166 valence electrons. The average Bonchev–Trinajstić information content (AvgIpc) is 3.10. The van der Waals surface area contributed by atoms with E-state index in [1.54, 1.807) is 27.7 Å². The standard InChI is InChI=1S/C21H29FN2O5S/c1-12(25)16-17(27-11-13-9-7-6-8-10-13)14(22)15-18(28-16)30-19(23-15)24(5)20(26)29-21(2,3)4/h6-10,12,14-18,25H,11H2,1-5H3/t12-,14+,15+,16+,17+,18+/m0/s1. The Balaban J connectivity index is 1.73. The van der Waals surface area contributed by atoms with Crippen molar-refractivity contribution >= 4 is 23.0 Å². The summed E-state index contributed by atoms with van der Waals surface area (Å²) in [6.07, 6.45) is -4.84. The zero-order valence-electron chi connectivity index (χ0n) is 17.8. The Morgan fingerprint density at radius 3 is 2.63 bits per heavy atom. The molecule has 0 unspecified atom stereocenters. The molecule has 2 aliphatic heterocycles. The second kappa shape index (κ2) is 9.21. The van der Waals surface area contributed by atoms with Crippen LogP contribution in [0.25, 0.3) is 0 Å². The highest BCUT2D eigenvalue weighted by Gasteiger charge is 2.52. The van der Waals surface area contributed by atoms with Crippen LogP contribution in [-0.2, 0) is 20.8 Å². The zero-order valence-corrected chi connectivity index (χ0v) is 18.6. The number of aliphatic imine (C=N–C) groups is 1. The minimum absolute atomic E-state index is 0.192. The molecular formula is C21H29FN2O5S. The van der Waals surface area contributed by atoms with E-state index in [0.717, 1.165) is 17.3 Å². The van der Waals surface area contributed by atoms with Crippen molar-refractivity contribution in [1.29, 1.82) is 0 Å². The van der Waals surface area contributed by atoms with Gasteiger partial charge in [-0.1, -0.05) is 42.1 Å². The summed E-state index contributed by atoms with van der Waals surface area (Å²) in [5.41, 5.74) is -0.420. The number of ether oxygens (including phenoxy) is 3. The Kier molecular flexibility index (Phi) is 7.06. The number of benzene rings is 1. The molecule has 1 aromatic carbocycles. The van der Waals surface area contributed by atoms with E-state index in [4.69, 9.17) is 14.2 Å². The third-order valence-corrected chi connectivity index (χ3v) is 5.94. The quantitative estimate of drug-likeness (QED) is 0.773. The monoisotopic (exact) mass is 440 g/mol. The number of amidine groups is 1. The lowest BCUT2D eigenvalue weighted by Gasteiger charge is -2.40. The van der Waals surface area contributed by atoms with Crippen molar-refractivity contribution in [2.45, 2.75) is 75.9 Å². The molecule has 0 radical (unpaired) electrons. The van der Waals surface area contributed by atoms with E-state index < -0.39 is 47.7 Å². The molecule has 0 saturated carbocycles. The second-order valence-electron chi connectivity index (χ2n) is 8.47. The van der Waals surface area contributed by atoms with Crippen molar-refractivity contribution < 1.29 is 28.5 Å². The van der Waals surface area contributed by atoms with E-state index in [1.807, 2.05) is 30.3 Å². The van der Waals surface area contributed by atoms with Gasteiger partial charge in [-0.2, -0.15) is 0 Å². The smallest absolute Gasteiger partial charge is 0.416 e. The van der Waals surface area contributed by atoms with E-state index in [9.17, 15) is 9.90 Å². The molecule has 7 nitrogen and oxygen atoms in total. The summed E-state index contributed by atoms with van der Waals surface area (Å²) in [5, 5.41) is 10.5. The fraction of sp³-hybridized carbons (Fsp3) is 0.619. The molecular weight excluding hydrogens is 411 g/mol. The van der Waals surface area contributed by atoms with Crippen LogP contribution in [0.15, 0.2) is 35.3 Å². The number of aliphatic hydroxyl groups excluding tert-OH is 1. The molecule has 6 atom stereocenters. The molecule has 1 amide bonds. The van der Waals surface area contributed by atoms with Crippen LogP contribution in [0.1, 0.15) is 33.3 Å². The van der Waals surface area contributed by atoms with Gasteiger partial charge in [0.15, 0.2) is 11.3 Å². The maximum atomic E-state index is 15.5. The van der Waals surface area contributed by atoms with Crippen LogP contribution in [0.5, 0.6) is 0 Å². The number of halogens is 1. The number of fused-ring (bicyclic) bond motifs is 1. The number of thioether (sulfide) groups is 1. The van der Waals surface area contributed by atoms with Crippen molar-refractivity contribution in [3.05, 3.63) is 35.9 Å². The van der Waals surface area contributed by atoms with Crippen LogP contribution in [0.3, 0.4) is 0 Å². The van der Waals surface area contributed by atoms with Gasteiger partial charge in [-0.25, -0.2) is 9.18 Å². The molecule has 1 aromatic rings. The number of carbonyl (C=O) groups is 1. The van der Waals surface area contributed by atoms with Crippen LogP contribution in [0.2, 0.25) is 0 Å². The number of aliphatic hydroxyl groups is 1. The zero-order chi connectivity index (χ0) is 22.1. The third kappa shape index (κ3) is 5.32. The van der Waals surface area contributed by atoms with Gasteiger partial charge in [0.05, 0.1) is 12.7 Å². The number of rotatable bonds is 4. The van der Waals surface area contributed by atoms with Gasteiger partial charge in [-0.3, -0.25) is 9.89 Å². The van der Waals surface area contributed by atoms with Crippen molar-refractivity contribution in [3.63, 3.8) is 0 Å². The van der Waals surface area contributed by atoms with E-state index in [0.29, 0.717) is 5.17 Å². The van der Waals surface area contributed by atoms with Crippen LogP contribution >= 0.6 is 11.8 Å². The largest absolute Gasteiger partial charge is 0.443 e. The van der Waals surface area contributed by atoms with Crippen molar-refractivity contribution in [1.82, 2.24) is 4.90 Å². The lowest BCUT2D eigenvalue weighted by atomic mass is 9.96. The van der Waals surface area contributed by atoms with Gasteiger partial charge in [0.25, 0.3) is 0 Å². The predicted molar refractivity (Wildman–Crippen MR) is 113 cm³/mol. The third-order valence-electron chi connectivity index (χ3n) is 4.73. The van der Waals surface area contributed by atoms with Gasteiger partial charge >= 0.3 is 6.09 Å². The van der Waals surface area contributed by atoms with E-state index in [1.165, 1.54) is 11.9 Å². The number of alkyl halides is 1. The number of carbonyl (C=O) groups excluding carboxylic acids is 1. The van der Waals surface area contributed by atoms with Gasteiger partial charge in [0.1, 0.15) is 29.3 Å². The topological polar surface area (TPSA) is 80.6 Å².